The van der Waals surface area contributed by atoms with Gasteiger partial charge in [0.05, 0.1) is 0 Å². The predicted octanol–water partition coefficient (Wildman–Crippen LogP) is 3.12. The molecule has 17 heavy (non-hydrogen) atoms. The van der Waals surface area contributed by atoms with E-state index >= 15 is 0 Å². The molecular formula is C14H20N2S. The summed E-state index contributed by atoms with van der Waals surface area (Å²) in [6.07, 6.45) is 1.05. The fraction of sp³-hybridized carbons (Fsp3) is 0.429. The van der Waals surface area contributed by atoms with Gasteiger partial charge in [0.25, 0.3) is 0 Å². The smallest absolute Gasteiger partial charge is 0.0346 e. The first-order valence-electron chi connectivity index (χ1n) is 6.09. The molecule has 3 heteroatoms. The van der Waals surface area contributed by atoms with Crippen molar-refractivity contribution in [2.24, 2.45) is 5.73 Å². The third kappa shape index (κ3) is 2.68. The number of rotatable bonds is 5. The summed E-state index contributed by atoms with van der Waals surface area (Å²) in [5.74, 6) is 0. The Labute approximate surface area is 107 Å². The maximum Gasteiger partial charge on any atom is 0.0346 e. The van der Waals surface area contributed by atoms with Gasteiger partial charge >= 0.3 is 0 Å². The van der Waals surface area contributed by atoms with E-state index in [2.05, 4.69) is 48.8 Å². The van der Waals surface area contributed by atoms with Gasteiger partial charge in [-0.25, -0.2) is 0 Å². The first kappa shape index (κ1) is 12.6. The number of nitrogens with two attached hydrogens (primary N) is 1. The number of hydrogen-bond donors (Lipinski definition) is 2. The molecule has 1 aromatic heterocycles. The fourth-order valence-corrected chi connectivity index (χ4v) is 2.78. The van der Waals surface area contributed by atoms with Gasteiger partial charge in [-0.05, 0) is 35.7 Å². The van der Waals surface area contributed by atoms with Gasteiger partial charge in [-0.2, -0.15) is 0 Å². The van der Waals surface area contributed by atoms with E-state index < -0.39 is 0 Å². The van der Waals surface area contributed by atoms with Crippen molar-refractivity contribution in [3.63, 3.8) is 0 Å². The topological polar surface area (TPSA) is 38.0 Å². The van der Waals surface area contributed by atoms with Gasteiger partial charge < -0.3 is 11.1 Å². The quantitative estimate of drug-likeness (QED) is 0.853. The third-order valence-corrected chi connectivity index (χ3v) is 4.51. The van der Waals surface area contributed by atoms with Crippen molar-refractivity contribution in [1.29, 1.82) is 0 Å². The van der Waals surface area contributed by atoms with Crippen LogP contribution >= 0.6 is 11.3 Å². The molecule has 0 aliphatic rings. The minimum atomic E-state index is 0.0447. The molecule has 0 fully saturated rings. The van der Waals surface area contributed by atoms with E-state index in [-0.39, 0.29) is 5.54 Å². The molecule has 0 aliphatic carbocycles. The number of nitrogens with one attached hydrogen (secondary N) is 1. The largest absolute Gasteiger partial charge is 0.329 e. The Balaban J connectivity index is 2.14. The van der Waals surface area contributed by atoms with Crippen LogP contribution in [0.4, 0.5) is 0 Å². The summed E-state index contributed by atoms with van der Waals surface area (Å²) in [5.41, 5.74) is 7.23. The molecule has 2 rings (SSSR count). The lowest BCUT2D eigenvalue weighted by molar-refractivity contribution is 0.351. The van der Waals surface area contributed by atoms with Crippen molar-refractivity contribution in [2.45, 2.75) is 32.4 Å². The van der Waals surface area contributed by atoms with Gasteiger partial charge in [-0.1, -0.05) is 25.1 Å². The second kappa shape index (κ2) is 5.17. The van der Waals surface area contributed by atoms with Crippen molar-refractivity contribution in [1.82, 2.24) is 5.32 Å². The highest BCUT2D eigenvalue weighted by molar-refractivity contribution is 7.17. The van der Waals surface area contributed by atoms with Crippen molar-refractivity contribution in [3.05, 3.63) is 35.2 Å². The highest BCUT2D eigenvalue weighted by Gasteiger charge is 2.19. The van der Waals surface area contributed by atoms with E-state index in [0.29, 0.717) is 6.54 Å². The molecule has 0 saturated heterocycles. The summed E-state index contributed by atoms with van der Waals surface area (Å²) in [4.78, 5) is 0. The Hall–Kier alpha value is -0.900. The van der Waals surface area contributed by atoms with Gasteiger partial charge in [0.1, 0.15) is 0 Å². The number of hydrogen-bond acceptors (Lipinski definition) is 3. The molecule has 0 spiro atoms. The van der Waals surface area contributed by atoms with Crippen molar-refractivity contribution in [3.8, 4) is 0 Å². The molecule has 0 aliphatic heterocycles. The Kier molecular flexibility index (Phi) is 3.82. The predicted molar refractivity (Wildman–Crippen MR) is 76.4 cm³/mol. The molecule has 0 amide bonds. The molecule has 1 unspecified atom stereocenters. The van der Waals surface area contributed by atoms with E-state index in [1.54, 1.807) is 0 Å². The number of thiophene rings is 1. The van der Waals surface area contributed by atoms with Crippen molar-refractivity contribution < 1.29 is 0 Å². The normalized spacial score (nSPS) is 15.0. The van der Waals surface area contributed by atoms with Crippen LogP contribution in [0.25, 0.3) is 10.1 Å². The second-order valence-corrected chi connectivity index (χ2v) is 5.64. The van der Waals surface area contributed by atoms with Crippen LogP contribution in [0.5, 0.6) is 0 Å². The van der Waals surface area contributed by atoms with E-state index in [9.17, 15) is 0 Å². The zero-order chi connectivity index (χ0) is 12.3. The van der Waals surface area contributed by atoms with Crippen LogP contribution < -0.4 is 11.1 Å². The van der Waals surface area contributed by atoms with Crippen LogP contribution in [-0.4, -0.2) is 12.1 Å². The Morgan fingerprint density at radius 3 is 2.82 bits per heavy atom. The average Bonchev–Trinajstić information content (AvgIpc) is 2.79. The SMILES string of the molecule is CCC(C)(CN)NCc1csc2ccccc12. The molecule has 0 radical (unpaired) electrons. The molecule has 2 nitrogen and oxygen atoms in total. The lowest BCUT2D eigenvalue weighted by Crippen LogP contribution is -2.47. The first-order valence-corrected chi connectivity index (χ1v) is 6.97. The summed E-state index contributed by atoms with van der Waals surface area (Å²) in [6, 6.07) is 8.55. The van der Waals surface area contributed by atoms with E-state index in [0.717, 1.165) is 13.0 Å². The summed E-state index contributed by atoms with van der Waals surface area (Å²) < 4.78 is 1.36. The van der Waals surface area contributed by atoms with E-state index in [1.165, 1.54) is 15.6 Å². The van der Waals surface area contributed by atoms with E-state index in [1.807, 2.05) is 11.3 Å². The Bertz CT molecular complexity index is 486. The fourth-order valence-electron chi connectivity index (χ4n) is 1.82. The summed E-state index contributed by atoms with van der Waals surface area (Å²) >= 11 is 1.81. The van der Waals surface area contributed by atoms with E-state index in [4.69, 9.17) is 5.73 Å². The standard InChI is InChI=1S/C14H20N2S/c1-3-14(2,10-15)16-8-11-9-17-13-7-5-4-6-12(11)13/h4-7,9,16H,3,8,10,15H2,1-2H3. The highest BCUT2D eigenvalue weighted by atomic mass is 32.1. The van der Waals surface area contributed by atoms with Crippen molar-refractivity contribution >= 4 is 21.4 Å². The van der Waals surface area contributed by atoms with Gasteiger partial charge in [0.2, 0.25) is 0 Å². The molecule has 3 N–H and O–H groups in total. The van der Waals surface area contributed by atoms with Gasteiger partial charge in [-0.3, -0.25) is 0 Å². The molecule has 2 aromatic rings. The monoisotopic (exact) mass is 248 g/mol. The summed E-state index contributed by atoms with van der Waals surface area (Å²) in [7, 11) is 0. The second-order valence-electron chi connectivity index (χ2n) is 4.73. The maximum atomic E-state index is 5.81. The Morgan fingerprint density at radius 1 is 1.35 bits per heavy atom. The van der Waals surface area contributed by atoms with Crippen LogP contribution in [0, 0.1) is 0 Å². The summed E-state index contributed by atoms with van der Waals surface area (Å²) in [5, 5.41) is 7.17. The highest BCUT2D eigenvalue weighted by Crippen LogP contribution is 2.25. The minimum absolute atomic E-state index is 0.0447. The molecule has 1 atom stereocenters. The lowest BCUT2D eigenvalue weighted by atomic mass is 9.99. The maximum absolute atomic E-state index is 5.81. The molecule has 92 valence electrons. The Morgan fingerprint density at radius 2 is 2.12 bits per heavy atom. The zero-order valence-corrected chi connectivity index (χ0v) is 11.3. The number of benzene rings is 1. The minimum Gasteiger partial charge on any atom is -0.329 e. The van der Waals surface area contributed by atoms with Crippen LogP contribution in [0.15, 0.2) is 29.6 Å². The van der Waals surface area contributed by atoms with Crippen molar-refractivity contribution in [2.75, 3.05) is 6.54 Å². The van der Waals surface area contributed by atoms with Crippen LogP contribution in [0.3, 0.4) is 0 Å². The molecule has 0 bridgehead atoms. The van der Waals surface area contributed by atoms with Crippen LogP contribution in [-0.2, 0) is 6.54 Å². The van der Waals surface area contributed by atoms with Gasteiger partial charge in [-0.15, -0.1) is 11.3 Å². The zero-order valence-electron chi connectivity index (χ0n) is 10.5. The molecule has 1 heterocycles. The lowest BCUT2D eigenvalue weighted by Gasteiger charge is -2.28. The number of fused-ring (bicyclic) bond motifs is 1. The molecule has 1 aromatic carbocycles. The summed E-state index contributed by atoms with van der Waals surface area (Å²) in [6.45, 7) is 5.92. The third-order valence-electron chi connectivity index (χ3n) is 3.50. The van der Waals surface area contributed by atoms with Gasteiger partial charge in [0.15, 0.2) is 0 Å². The average molecular weight is 248 g/mol. The molecular weight excluding hydrogens is 228 g/mol. The van der Waals surface area contributed by atoms with Crippen LogP contribution in [0.2, 0.25) is 0 Å². The van der Waals surface area contributed by atoms with Crippen LogP contribution in [0.1, 0.15) is 25.8 Å². The first-order chi connectivity index (χ1) is 8.18. The molecule has 0 saturated carbocycles. The van der Waals surface area contributed by atoms with Gasteiger partial charge in [0, 0.05) is 23.3 Å².